The molecule has 0 saturated heterocycles. The van der Waals surface area contributed by atoms with E-state index in [1.54, 1.807) is 12.5 Å². The highest BCUT2D eigenvalue weighted by Gasteiger charge is 2.27. The highest BCUT2D eigenvalue weighted by atomic mass is 79.9. The van der Waals surface area contributed by atoms with E-state index in [2.05, 4.69) is 26.1 Å². The van der Waals surface area contributed by atoms with Crippen LogP contribution in [0.25, 0.3) is 0 Å². The summed E-state index contributed by atoms with van der Waals surface area (Å²) in [7, 11) is 0. The quantitative estimate of drug-likeness (QED) is 0.683. The Bertz CT molecular complexity index is 607. The Morgan fingerprint density at radius 3 is 3.11 bits per heavy atom. The SMILES string of the molecule is O/N=C1\c2cccc(Br)c2CCC1Cn1ccnc1. The molecule has 0 radical (unpaired) electrons. The first kappa shape index (κ1) is 12.4. The van der Waals surface area contributed by atoms with Crippen LogP contribution in [0.3, 0.4) is 0 Å². The minimum absolute atomic E-state index is 0.223. The van der Waals surface area contributed by atoms with Crippen LogP contribution in [-0.2, 0) is 13.0 Å². The number of benzene rings is 1. The van der Waals surface area contributed by atoms with Crippen molar-refractivity contribution in [2.75, 3.05) is 0 Å². The third-order valence-corrected chi connectivity index (χ3v) is 4.37. The maximum atomic E-state index is 9.38. The zero-order chi connectivity index (χ0) is 13.2. The molecule has 1 aromatic heterocycles. The van der Waals surface area contributed by atoms with Crippen LogP contribution in [0, 0.1) is 5.92 Å². The lowest BCUT2D eigenvalue weighted by Crippen LogP contribution is -2.27. The molecule has 98 valence electrons. The number of hydrogen-bond acceptors (Lipinski definition) is 3. The average molecular weight is 320 g/mol. The van der Waals surface area contributed by atoms with Gasteiger partial charge in [-0.15, -0.1) is 0 Å². The Kier molecular flexibility index (Phi) is 3.38. The van der Waals surface area contributed by atoms with Gasteiger partial charge in [0.15, 0.2) is 0 Å². The molecule has 1 aliphatic rings. The van der Waals surface area contributed by atoms with Crippen LogP contribution in [0.4, 0.5) is 0 Å². The highest BCUT2D eigenvalue weighted by molar-refractivity contribution is 9.10. The number of oxime groups is 1. The minimum Gasteiger partial charge on any atom is -0.411 e. The maximum Gasteiger partial charge on any atom is 0.0946 e. The zero-order valence-corrected chi connectivity index (χ0v) is 11.9. The molecular weight excluding hydrogens is 306 g/mol. The van der Waals surface area contributed by atoms with Crippen molar-refractivity contribution >= 4 is 21.6 Å². The molecule has 0 bridgehead atoms. The molecule has 19 heavy (non-hydrogen) atoms. The fourth-order valence-corrected chi connectivity index (χ4v) is 3.25. The van der Waals surface area contributed by atoms with Crippen LogP contribution in [0.2, 0.25) is 0 Å². The van der Waals surface area contributed by atoms with Gasteiger partial charge in [-0.2, -0.15) is 0 Å². The summed E-state index contributed by atoms with van der Waals surface area (Å²) in [5.41, 5.74) is 3.06. The molecule has 1 N–H and O–H groups in total. The van der Waals surface area contributed by atoms with Crippen LogP contribution in [0.5, 0.6) is 0 Å². The van der Waals surface area contributed by atoms with Crippen LogP contribution >= 0.6 is 15.9 Å². The molecule has 0 amide bonds. The van der Waals surface area contributed by atoms with Crippen molar-refractivity contribution in [3.63, 3.8) is 0 Å². The number of nitrogens with zero attached hydrogens (tertiary/aromatic N) is 3. The lowest BCUT2D eigenvalue weighted by molar-refractivity contribution is 0.312. The molecule has 1 unspecified atom stereocenters. The van der Waals surface area contributed by atoms with Gasteiger partial charge in [-0.05, 0) is 24.5 Å². The number of rotatable bonds is 2. The van der Waals surface area contributed by atoms with Crippen molar-refractivity contribution in [3.8, 4) is 0 Å². The fourth-order valence-electron chi connectivity index (χ4n) is 2.69. The second kappa shape index (κ2) is 5.17. The molecule has 1 aromatic carbocycles. The van der Waals surface area contributed by atoms with Gasteiger partial charge in [0.1, 0.15) is 0 Å². The lowest BCUT2D eigenvalue weighted by atomic mass is 9.82. The number of fused-ring (bicyclic) bond motifs is 1. The lowest BCUT2D eigenvalue weighted by Gasteiger charge is -2.26. The fraction of sp³-hybridized carbons (Fsp3) is 0.286. The molecule has 0 spiro atoms. The number of hydrogen-bond donors (Lipinski definition) is 1. The van der Waals surface area contributed by atoms with E-state index in [9.17, 15) is 5.21 Å². The summed E-state index contributed by atoms with van der Waals surface area (Å²) >= 11 is 3.57. The van der Waals surface area contributed by atoms with Crippen LogP contribution in [-0.4, -0.2) is 20.5 Å². The topological polar surface area (TPSA) is 50.4 Å². The van der Waals surface area contributed by atoms with Crippen molar-refractivity contribution in [2.24, 2.45) is 11.1 Å². The van der Waals surface area contributed by atoms with Crippen molar-refractivity contribution in [3.05, 3.63) is 52.5 Å². The second-order valence-corrected chi connectivity index (χ2v) is 5.60. The zero-order valence-electron chi connectivity index (χ0n) is 10.3. The molecule has 4 nitrogen and oxygen atoms in total. The third kappa shape index (κ3) is 2.30. The van der Waals surface area contributed by atoms with Crippen LogP contribution in [0.15, 0.2) is 46.5 Å². The second-order valence-electron chi connectivity index (χ2n) is 4.75. The first-order valence-electron chi connectivity index (χ1n) is 6.25. The van der Waals surface area contributed by atoms with Gasteiger partial charge in [0, 0.05) is 34.9 Å². The van der Waals surface area contributed by atoms with E-state index < -0.39 is 0 Å². The van der Waals surface area contributed by atoms with Gasteiger partial charge in [-0.1, -0.05) is 33.2 Å². The summed E-state index contributed by atoms with van der Waals surface area (Å²) in [6.45, 7) is 0.797. The first-order chi connectivity index (χ1) is 9.29. The molecule has 0 saturated carbocycles. The van der Waals surface area contributed by atoms with Crippen molar-refractivity contribution in [1.82, 2.24) is 9.55 Å². The van der Waals surface area contributed by atoms with Gasteiger partial charge in [-0.25, -0.2) is 4.98 Å². The Morgan fingerprint density at radius 1 is 1.47 bits per heavy atom. The standard InChI is InChI=1S/C14H14BrN3O/c15-13-3-1-2-12-11(13)5-4-10(14(12)17-19)8-18-7-6-16-9-18/h1-3,6-7,9-10,19H,4-5,8H2/b17-14-. The van der Waals surface area contributed by atoms with Crippen molar-refractivity contribution < 1.29 is 5.21 Å². The van der Waals surface area contributed by atoms with Gasteiger partial charge in [-0.3, -0.25) is 0 Å². The number of imidazole rings is 1. The third-order valence-electron chi connectivity index (χ3n) is 3.62. The Hall–Kier alpha value is -1.62. The van der Waals surface area contributed by atoms with Gasteiger partial charge < -0.3 is 9.77 Å². The Morgan fingerprint density at radius 2 is 2.37 bits per heavy atom. The van der Waals surface area contributed by atoms with E-state index in [1.165, 1.54) is 5.56 Å². The molecule has 0 fully saturated rings. The van der Waals surface area contributed by atoms with E-state index in [-0.39, 0.29) is 5.92 Å². The highest BCUT2D eigenvalue weighted by Crippen LogP contribution is 2.32. The summed E-state index contributed by atoms with van der Waals surface area (Å²) in [4.78, 5) is 4.05. The molecule has 2 aromatic rings. The Balaban J connectivity index is 1.94. The summed E-state index contributed by atoms with van der Waals surface area (Å²) in [5, 5.41) is 12.9. The predicted octanol–water partition coefficient (Wildman–Crippen LogP) is 3.09. The molecule has 1 atom stereocenters. The normalized spacial score (nSPS) is 20.5. The first-order valence-corrected chi connectivity index (χ1v) is 7.04. The molecule has 3 rings (SSSR count). The summed E-state index contributed by atoms with van der Waals surface area (Å²) in [5.74, 6) is 0.223. The minimum atomic E-state index is 0.223. The molecular formula is C14H14BrN3O. The molecule has 5 heteroatoms. The number of halogens is 1. The largest absolute Gasteiger partial charge is 0.411 e. The summed E-state index contributed by atoms with van der Waals surface area (Å²) in [6, 6.07) is 6.03. The van der Waals surface area contributed by atoms with Crippen molar-refractivity contribution in [2.45, 2.75) is 19.4 Å². The van der Waals surface area contributed by atoms with E-state index in [0.717, 1.165) is 35.1 Å². The van der Waals surface area contributed by atoms with E-state index in [0.29, 0.717) is 0 Å². The summed E-state index contributed by atoms with van der Waals surface area (Å²) < 4.78 is 3.12. The van der Waals surface area contributed by atoms with E-state index >= 15 is 0 Å². The maximum absolute atomic E-state index is 9.38. The smallest absolute Gasteiger partial charge is 0.0946 e. The molecule has 1 aliphatic carbocycles. The predicted molar refractivity (Wildman–Crippen MR) is 76.5 cm³/mol. The van der Waals surface area contributed by atoms with Gasteiger partial charge in [0.25, 0.3) is 0 Å². The van der Waals surface area contributed by atoms with E-state index in [1.807, 2.05) is 29.0 Å². The average Bonchev–Trinajstić information content (AvgIpc) is 2.92. The van der Waals surface area contributed by atoms with Gasteiger partial charge in [0.05, 0.1) is 12.0 Å². The van der Waals surface area contributed by atoms with Gasteiger partial charge in [0.2, 0.25) is 0 Å². The van der Waals surface area contributed by atoms with Gasteiger partial charge >= 0.3 is 0 Å². The summed E-state index contributed by atoms with van der Waals surface area (Å²) in [6.07, 6.45) is 7.47. The van der Waals surface area contributed by atoms with Crippen LogP contribution in [0.1, 0.15) is 17.5 Å². The Labute approximate surface area is 119 Å². The van der Waals surface area contributed by atoms with E-state index in [4.69, 9.17) is 0 Å². The molecule has 0 aliphatic heterocycles. The monoisotopic (exact) mass is 319 g/mol. The van der Waals surface area contributed by atoms with Crippen LogP contribution < -0.4 is 0 Å². The molecule has 1 heterocycles. The van der Waals surface area contributed by atoms with Crippen molar-refractivity contribution in [1.29, 1.82) is 0 Å². The number of aromatic nitrogens is 2.